The Kier molecular flexibility index (Phi) is 6.52. The van der Waals surface area contributed by atoms with Crippen LogP contribution in [0.15, 0.2) is 73.1 Å². The molecule has 0 aliphatic rings. The Morgan fingerprint density at radius 2 is 1.44 bits per heavy atom. The summed E-state index contributed by atoms with van der Waals surface area (Å²) in [6.07, 6.45) is 1.59. The van der Waals surface area contributed by atoms with Crippen molar-refractivity contribution in [3.8, 4) is 23.0 Å². The topological polar surface area (TPSA) is 65.5 Å². The number of para-hydroxylation sites is 1. The van der Waals surface area contributed by atoms with Gasteiger partial charge in [-0.2, -0.15) is 0 Å². The predicted molar refractivity (Wildman–Crippen MR) is 126 cm³/mol. The van der Waals surface area contributed by atoms with Crippen LogP contribution in [0, 0.1) is 0 Å². The molecule has 1 aromatic heterocycles. The highest BCUT2D eigenvalue weighted by Crippen LogP contribution is 2.35. The molecule has 1 N–H and O–H groups in total. The van der Waals surface area contributed by atoms with Crippen molar-refractivity contribution in [1.29, 1.82) is 0 Å². The molecule has 0 spiro atoms. The van der Waals surface area contributed by atoms with Crippen LogP contribution in [-0.4, -0.2) is 30.2 Å². The van der Waals surface area contributed by atoms with Crippen molar-refractivity contribution in [2.75, 3.05) is 14.2 Å². The Hall–Kier alpha value is -3.64. The number of ether oxygens (including phenoxy) is 3. The number of nitrogens with zero attached hydrogens (tertiary/aromatic N) is 2. The van der Waals surface area contributed by atoms with Gasteiger partial charge in [-0.3, -0.25) is 0 Å². The third-order valence-electron chi connectivity index (χ3n) is 5.14. The summed E-state index contributed by atoms with van der Waals surface area (Å²) in [7, 11) is 3.25. The Morgan fingerprint density at radius 1 is 0.781 bits per heavy atom. The van der Waals surface area contributed by atoms with E-state index < -0.39 is 0 Å². The Bertz CT molecular complexity index is 1180. The number of nitrogens with one attached hydrogen (secondary N) is 1. The second-order valence-electron chi connectivity index (χ2n) is 7.72. The van der Waals surface area contributed by atoms with Gasteiger partial charge in [0.1, 0.15) is 17.8 Å². The van der Waals surface area contributed by atoms with Crippen molar-refractivity contribution in [3.05, 3.63) is 84.3 Å². The number of benzene rings is 3. The fourth-order valence-electron chi connectivity index (χ4n) is 3.65. The number of fused-ring (bicyclic) bond motifs is 1. The molecule has 0 aliphatic carbocycles. The van der Waals surface area contributed by atoms with Crippen LogP contribution in [0.2, 0.25) is 0 Å². The van der Waals surface area contributed by atoms with Crippen LogP contribution < -0.4 is 19.5 Å². The van der Waals surface area contributed by atoms with Crippen molar-refractivity contribution in [3.63, 3.8) is 0 Å². The van der Waals surface area contributed by atoms with Gasteiger partial charge in [0.05, 0.1) is 31.5 Å². The molecule has 0 amide bonds. The Balaban J connectivity index is 1.73. The van der Waals surface area contributed by atoms with Gasteiger partial charge in [0.2, 0.25) is 0 Å². The molecule has 3 aromatic carbocycles. The maximum atomic E-state index is 5.95. The highest BCUT2D eigenvalue weighted by Gasteiger charge is 2.21. The lowest BCUT2D eigenvalue weighted by molar-refractivity contribution is 0.355. The summed E-state index contributed by atoms with van der Waals surface area (Å²) in [5.41, 5.74) is 2.75. The molecular formula is C26H27N3O3. The SMILES string of the molecule is COc1cc2ncnc([C@H](NC(C)C)c3ccc(Oc4ccccc4)cc3)c2cc1OC. The van der Waals surface area contributed by atoms with E-state index in [2.05, 4.69) is 41.3 Å². The molecule has 0 bridgehead atoms. The van der Waals surface area contributed by atoms with Crippen LogP contribution in [0.5, 0.6) is 23.0 Å². The maximum Gasteiger partial charge on any atom is 0.162 e. The lowest BCUT2D eigenvalue weighted by atomic mass is 9.98. The molecule has 6 nitrogen and oxygen atoms in total. The number of methoxy groups -OCH3 is 2. The molecule has 0 radical (unpaired) electrons. The molecule has 0 unspecified atom stereocenters. The van der Waals surface area contributed by atoms with Crippen LogP contribution in [0.3, 0.4) is 0 Å². The molecule has 32 heavy (non-hydrogen) atoms. The van der Waals surface area contributed by atoms with E-state index in [1.54, 1.807) is 20.5 Å². The van der Waals surface area contributed by atoms with Gasteiger partial charge in [-0.25, -0.2) is 9.97 Å². The minimum atomic E-state index is -0.135. The second kappa shape index (κ2) is 9.66. The molecule has 164 valence electrons. The zero-order chi connectivity index (χ0) is 22.5. The minimum absolute atomic E-state index is 0.135. The second-order valence-corrected chi connectivity index (χ2v) is 7.72. The van der Waals surface area contributed by atoms with Gasteiger partial charge >= 0.3 is 0 Å². The molecule has 1 heterocycles. The smallest absolute Gasteiger partial charge is 0.162 e. The average molecular weight is 430 g/mol. The molecule has 0 aliphatic heterocycles. The summed E-state index contributed by atoms with van der Waals surface area (Å²) >= 11 is 0. The highest BCUT2D eigenvalue weighted by molar-refractivity contribution is 5.85. The quantitative estimate of drug-likeness (QED) is 0.397. The van der Waals surface area contributed by atoms with Crippen LogP contribution in [0.1, 0.15) is 31.1 Å². The summed E-state index contributed by atoms with van der Waals surface area (Å²) in [5, 5.41) is 4.55. The minimum Gasteiger partial charge on any atom is -0.493 e. The zero-order valence-electron chi connectivity index (χ0n) is 18.7. The number of hydrogen-bond donors (Lipinski definition) is 1. The maximum absolute atomic E-state index is 5.95. The summed E-state index contributed by atoms with van der Waals surface area (Å²) in [5.74, 6) is 2.87. The van der Waals surface area contributed by atoms with Crippen molar-refractivity contribution in [2.24, 2.45) is 0 Å². The first-order chi connectivity index (χ1) is 15.6. The third-order valence-corrected chi connectivity index (χ3v) is 5.14. The average Bonchev–Trinajstić information content (AvgIpc) is 2.82. The van der Waals surface area contributed by atoms with Crippen LogP contribution in [-0.2, 0) is 0 Å². The molecule has 6 heteroatoms. The molecular weight excluding hydrogens is 402 g/mol. The van der Waals surface area contributed by atoms with Crippen molar-refractivity contribution in [1.82, 2.24) is 15.3 Å². The largest absolute Gasteiger partial charge is 0.493 e. The zero-order valence-corrected chi connectivity index (χ0v) is 18.7. The van der Waals surface area contributed by atoms with E-state index in [0.29, 0.717) is 11.5 Å². The summed E-state index contributed by atoms with van der Waals surface area (Å²) in [6, 6.07) is 21.7. The molecule has 1 atom stereocenters. The number of rotatable bonds is 8. The van der Waals surface area contributed by atoms with E-state index >= 15 is 0 Å². The summed E-state index contributed by atoms with van der Waals surface area (Å²) < 4.78 is 16.9. The lowest BCUT2D eigenvalue weighted by Crippen LogP contribution is -2.29. The van der Waals surface area contributed by atoms with Gasteiger partial charge in [-0.1, -0.05) is 30.3 Å². The lowest BCUT2D eigenvalue weighted by Gasteiger charge is -2.23. The van der Waals surface area contributed by atoms with E-state index in [1.807, 2.05) is 54.6 Å². The first-order valence-electron chi connectivity index (χ1n) is 10.5. The van der Waals surface area contributed by atoms with E-state index in [9.17, 15) is 0 Å². The van der Waals surface area contributed by atoms with Crippen molar-refractivity contribution < 1.29 is 14.2 Å². The molecule has 4 rings (SSSR count). The van der Waals surface area contributed by atoms with Gasteiger partial charge in [0, 0.05) is 17.5 Å². The normalized spacial score (nSPS) is 12.0. The van der Waals surface area contributed by atoms with E-state index in [0.717, 1.165) is 33.7 Å². The van der Waals surface area contributed by atoms with Gasteiger partial charge in [-0.05, 0) is 49.7 Å². The first-order valence-corrected chi connectivity index (χ1v) is 10.5. The summed E-state index contributed by atoms with van der Waals surface area (Å²) in [6.45, 7) is 4.24. The van der Waals surface area contributed by atoms with Gasteiger partial charge < -0.3 is 19.5 Å². The molecule has 0 saturated carbocycles. The number of aromatic nitrogens is 2. The monoisotopic (exact) mass is 429 g/mol. The summed E-state index contributed by atoms with van der Waals surface area (Å²) in [4.78, 5) is 9.10. The van der Waals surface area contributed by atoms with E-state index in [4.69, 9.17) is 14.2 Å². The van der Waals surface area contributed by atoms with Gasteiger partial charge in [0.15, 0.2) is 11.5 Å². The van der Waals surface area contributed by atoms with Crippen molar-refractivity contribution >= 4 is 10.9 Å². The first kappa shape index (κ1) is 21.6. The number of hydrogen-bond acceptors (Lipinski definition) is 6. The molecule has 4 aromatic rings. The molecule has 0 saturated heterocycles. The predicted octanol–water partition coefficient (Wildman–Crippen LogP) is 5.53. The van der Waals surface area contributed by atoms with E-state index in [-0.39, 0.29) is 12.1 Å². The van der Waals surface area contributed by atoms with E-state index in [1.165, 1.54) is 0 Å². The van der Waals surface area contributed by atoms with Crippen LogP contribution >= 0.6 is 0 Å². The van der Waals surface area contributed by atoms with Gasteiger partial charge in [-0.15, -0.1) is 0 Å². The standard InChI is InChI=1S/C26H27N3O3/c1-17(2)29-25(18-10-12-20(13-11-18)32-19-8-6-5-7-9-19)26-21-14-23(30-3)24(31-4)15-22(21)27-16-28-26/h5-17,25,29H,1-4H3/t25-/m1/s1. The Morgan fingerprint density at radius 3 is 2.09 bits per heavy atom. The van der Waals surface area contributed by atoms with Crippen molar-refractivity contribution in [2.45, 2.75) is 25.9 Å². The molecule has 0 fully saturated rings. The van der Waals surface area contributed by atoms with Gasteiger partial charge in [0.25, 0.3) is 0 Å². The fraction of sp³-hybridized carbons (Fsp3) is 0.231. The van der Waals surface area contributed by atoms with Crippen LogP contribution in [0.25, 0.3) is 10.9 Å². The highest BCUT2D eigenvalue weighted by atomic mass is 16.5. The van der Waals surface area contributed by atoms with Crippen LogP contribution in [0.4, 0.5) is 0 Å². The third kappa shape index (κ3) is 4.65. The Labute approximate surface area is 188 Å². The fourth-order valence-corrected chi connectivity index (χ4v) is 3.65.